The number of esters is 1. The van der Waals surface area contributed by atoms with Crippen molar-refractivity contribution in [3.05, 3.63) is 12.2 Å². The molecule has 86 valence electrons. The number of likely N-dealkylation sites (tertiary alicyclic amines) is 1. The molecule has 4 nitrogen and oxygen atoms in total. The maximum Gasteiger partial charge on any atom is 0.333 e. The summed E-state index contributed by atoms with van der Waals surface area (Å²) in [7, 11) is 0. The van der Waals surface area contributed by atoms with E-state index in [1.807, 2.05) is 0 Å². The fourth-order valence-corrected chi connectivity index (χ4v) is 1.69. The van der Waals surface area contributed by atoms with Gasteiger partial charge in [0.25, 0.3) is 0 Å². The first kappa shape index (κ1) is 12.2. The summed E-state index contributed by atoms with van der Waals surface area (Å²) < 4.78 is 5.02. The van der Waals surface area contributed by atoms with Crippen molar-refractivity contribution in [1.82, 2.24) is 4.90 Å². The monoisotopic (exact) mass is 212 g/mol. The lowest BCUT2D eigenvalue weighted by atomic mass is 10.1. The molecule has 0 aromatic rings. The summed E-state index contributed by atoms with van der Waals surface area (Å²) in [6.45, 7) is 8.34. The number of hydrogen-bond donors (Lipinski definition) is 1. The predicted molar refractivity (Wildman–Crippen MR) is 59.4 cm³/mol. The molecule has 1 fully saturated rings. The Hall–Kier alpha value is -0.870. The molecule has 1 atom stereocenters. The number of nitrogens with two attached hydrogens (primary N) is 1. The Kier molecular flexibility index (Phi) is 4.78. The molecule has 15 heavy (non-hydrogen) atoms. The van der Waals surface area contributed by atoms with Crippen molar-refractivity contribution in [1.29, 1.82) is 0 Å². The molecule has 0 unspecified atom stereocenters. The molecule has 1 saturated heterocycles. The van der Waals surface area contributed by atoms with E-state index in [0.717, 1.165) is 32.5 Å². The van der Waals surface area contributed by atoms with Crippen LogP contribution in [-0.4, -0.2) is 43.2 Å². The lowest BCUT2D eigenvalue weighted by Crippen LogP contribution is -2.44. The summed E-state index contributed by atoms with van der Waals surface area (Å²) in [5, 5.41) is 0. The average Bonchev–Trinajstić information content (AvgIpc) is 2.17. The van der Waals surface area contributed by atoms with Crippen LogP contribution in [0.2, 0.25) is 0 Å². The lowest BCUT2D eigenvalue weighted by Gasteiger charge is -2.30. The van der Waals surface area contributed by atoms with Gasteiger partial charge in [-0.05, 0) is 26.3 Å². The van der Waals surface area contributed by atoms with Gasteiger partial charge >= 0.3 is 5.97 Å². The molecule has 0 spiro atoms. The van der Waals surface area contributed by atoms with Crippen LogP contribution in [0, 0.1) is 0 Å². The number of rotatable bonds is 4. The molecular formula is C11H20N2O2. The third-order valence-corrected chi connectivity index (χ3v) is 2.53. The zero-order valence-corrected chi connectivity index (χ0v) is 9.37. The first-order valence-electron chi connectivity index (χ1n) is 5.40. The number of piperidine rings is 1. The van der Waals surface area contributed by atoms with E-state index in [4.69, 9.17) is 10.5 Å². The van der Waals surface area contributed by atoms with E-state index in [2.05, 4.69) is 11.5 Å². The number of hydrogen-bond acceptors (Lipinski definition) is 4. The first-order chi connectivity index (χ1) is 7.09. The highest BCUT2D eigenvalue weighted by atomic mass is 16.5. The minimum absolute atomic E-state index is 0.274. The molecule has 1 aliphatic rings. The van der Waals surface area contributed by atoms with Crippen molar-refractivity contribution >= 4 is 5.97 Å². The van der Waals surface area contributed by atoms with Gasteiger partial charge in [-0.15, -0.1) is 0 Å². The minimum Gasteiger partial charge on any atom is -0.461 e. The minimum atomic E-state index is -0.309. The Morgan fingerprint density at radius 2 is 2.40 bits per heavy atom. The van der Waals surface area contributed by atoms with Crippen LogP contribution in [0.5, 0.6) is 0 Å². The zero-order valence-electron chi connectivity index (χ0n) is 9.37. The first-order valence-corrected chi connectivity index (χ1v) is 5.40. The standard InChI is InChI=1S/C11H20N2O2/c1-9(2)11(14)15-7-6-13-5-3-4-10(12)8-13/h10H,1,3-8,12H2,2H3/t10-/m0/s1. The van der Waals surface area contributed by atoms with Gasteiger partial charge in [-0.25, -0.2) is 4.79 Å². The topological polar surface area (TPSA) is 55.6 Å². The number of carbonyl (C=O) groups is 1. The van der Waals surface area contributed by atoms with E-state index in [1.54, 1.807) is 6.92 Å². The second-order valence-corrected chi connectivity index (χ2v) is 4.12. The van der Waals surface area contributed by atoms with E-state index in [1.165, 1.54) is 0 Å². The van der Waals surface area contributed by atoms with E-state index < -0.39 is 0 Å². The van der Waals surface area contributed by atoms with Gasteiger partial charge in [0.2, 0.25) is 0 Å². The summed E-state index contributed by atoms with van der Waals surface area (Å²) in [6, 6.07) is 0.274. The van der Waals surface area contributed by atoms with Crippen molar-refractivity contribution in [2.45, 2.75) is 25.8 Å². The van der Waals surface area contributed by atoms with Gasteiger partial charge in [-0.2, -0.15) is 0 Å². The molecule has 0 saturated carbocycles. The van der Waals surface area contributed by atoms with Crippen LogP contribution in [0.4, 0.5) is 0 Å². The second kappa shape index (κ2) is 5.88. The smallest absolute Gasteiger partial charge is 0.333 e. The molecule has 1 aliphatic heterocycles. The SMILES string of the molecule is C=C(C)C(=O)OCCN1CCC[C@H](N)C1. The molecule has 0 amide bonds. The number of nitrogens with zero attached hydrogens (tertiary/aromatic N) is 1. The van der Waals surface area contributed by atoms with Crippen molar-refractivity contribution in [3.8, 4) is 0 Å². The van der Waals surface area contributed by atoms with Gasteiger partial charge in [0.1, 0.15) is 6.61 Å². The Labute approximate surface area is 91.1 Å². The highest BCUT2D eigenvalue weighted by Gasteiger charge is 2.16. The van der Waals surface area contributed by atoms with Crippen LogP contribution >= 0.6 is 0 Å². The third kappa shape index (κ3) is 4.44. The fourth-order valence-electron chi connectivity index (χ4n) is 1.69. The van der Waals surface area contributed by atoms with Crippen LogP contribution in [0.1, 0.15) is 19.8 Å². The van der Waals surface area contributed by atoms with E-state index >= 15 is 0 Å². The highest BCUT2D eigenvalue weighted by molar-refractivity contribution is 5.86. The Morgan fingerprint density at radius 1 is 1.67 bits per heavy atom. The van der Waals surface area contributed by atoms with Gasteiger partial charge in [0, 0.05) is 24.7 Å². The van der Waals surface area contributed by atoms with E-state index in [0.29, 0.717) is 12.2 Å². The van der Waals surface area contributed by atoms with Gasteiger partial charge in [-0.1, -0.05) is 6.58 Å². The summed E-state index contributed by atoms with van der Waals surface area (Å²) in [6.07, 6.45) is 2.23. The molecule has 0 bridgehead atoms. The molecule has 4 heteroatoms. The third-order valence-electron chi connectivity index (χ3n) is 2.53. The van der Waals surface area contributed by atoms with Crippen LogP contribution < -0.4 is 5.73 Å². The van der Waals surface area contributed by atoms with Gasteiger partial charge in [0.15, 0.2) is 0 Å². The fraction of sp³-hybridized carbons (Fsp3) is 0.727. The lowest BCUT2D eigenvalue weighted by molar-refractivity contribution is -0.139. The average molecular weight is 212 g/mol. The molecule has 0 aliphatic carbocycles. The van der Waals surface area contributed by atoms with Crippen molar-refractivity contribution in [2.24, 2.45) is 5.73 Å². The molecule has 0 radical (unpaired) electrons. The van der Waals surface area contributed by atoms with Crippen molar-refractivity contribution in [3.63, 3.8) is 0 Å². The summed E-state index contributed by atoms with van der Waals surface area (Å²) in [5.41, 5.74) is 6.29. The highest BCUT2D eigenvalue weighted by Crippen LogP contribution is 2.07. The molecule has 0 aromatic carbocycles. The maximum atomic E-state index is 11.1. The Balaban J connectivity index is 2.14. The summed E-state index contributed by atoms with van der Waals surface area (Å²) in [5.74, 6) is -0.309. The molecule has 2 N–H and O–H groups in total. The molecular weight excluding hydrogens is 192 g/mol. The van der Waals surface area contributed by atoms with Gasteiger partial charge in [0.05, 0.1) is 0 Å². The Bertz CT molecular complexity index is 241. The van der Waals surface area contributed by atoms with Gasteiger partial charge < -0.3 is 10.5 Å². The van der Waals surface area contributed by atoms with Crippen LogP contribution in [0.25, 0.3) is 0 Å². The second-order valence-electron chi connectivity index (χ2n) is 4.12. The quantitative estimate of drug-likeness (QED) is 0.545. The zero-order chi connectivity index (χ0) is 11.3. The van der Waals surface area contributed by atoms with E-state index in [-0.39, 0.29) is 12.0 Å². The maximum absolute atomic E-state index is 11.1. The number of carbonyl (C=O) groups excluding carboxylic acids is 1. The van der Waals surface area contributed by atoms with Crippen LogP contribution in [-0.2, 0) is 9.53 Å². The molecule has 1 heterocycles. The van der Waals surface area contributed by atoms with Crippen LogP contribution in [0.3, 0.4) is 0 Å². The summed E-state index contributed by atoms with van der Waals surface area (Å²) >= 11 is 0. The predicted octanol–water partition coefficient (Wildman–Crippen LogP) is 0.529. The van der Waals surface area contributed by atoms with Crippen LogP contribution in [0.15, 0.2) is 12.2 Å². The summed E-state index contributed by atoms with van der Waals surface area (Å²) in [4.78, 5) is 13.3. The largest absolute Gasteiger partial charge is 0.461 e. The number of ether oxygens (including phenoxy) is 1. The molecule has 1 rings (SSSR count). The van der Waals surface area contributed by atoms with Gasteiger partial charge in [-0.3, -0.25) is 4.90 Å². The van der Waals surface area contributed by atoms with Crippen molar-refractivity contribution < 1.29 is 9.53 Å². The molecule has 0 aromatic heterocycles. The van der Waals surface area contributed by atoms with E-state index in [9.17, 15) is 4.79 Å². The normalized spacial score (nSPS) is 22.4. The van der Waals surface area contributed by atoms with Crippen molar-refractivity contribution in [2.75, 3.05) is 26.2 Å². The Morgan fingerprint density at radius 3 is 3.00 bits per heavy atom.